The number of hydrogen-bond donors (Lipinski definition) is 0. The minimum Gasteiger partial charge on any atom is -0.455 e. The van der Waals surface area contributed by atoms with Crippen molar-refractivity contribution in [2.24, 2.45) is 0 Å². The summed E-state index contributed by atoms with van der Waals surface area (Å²) in [6.07, 6.45) is 0. The maximum atomic E-state index is 6.61. The molecule has 60 heavy (non-hydrogen) atoms. The molecule has 0 spiro atoms. The predicted molar refractivity (Wildman–Crippen MR) is 253 cm³/mol. The quantitative estimate of drug-likeness (QED) is 0.153. The molecule has 2 nitrogen and oxygen atoms in total. The van der Waals surface area contributed by atoms with Gasteiger partial charge in [-0.1, -0.05) is 194 Å². The minimum absolute atomic E-state index is 0.889. The normalized spacial score (nSPS) is 11.3. The van der Waals surface area contributed by atoms with E-state index in [0.29, 0.717) is 0 Å². The summed E-state index contributed by atoms with van der Waals surface area (Å²) in [5, 5.41) is 4.73. The van der Waals surface area contributed by atoms with Gasteiger partial charge < -0.3 is 9.32 Å². The van der Waals surface area contributed by atoms with Gasteiger partial charge >= 0.3 is 0 Å². The molecule has 0 N–H and O–H groups in total. The molecule has 282 valence electrons. The molecule has 0 aliphatic heterocycles. The Hall–Kier alpha value is -7.94. The Morgan fingerprint density at radius 2 is 0.783 bits per heavy atom. The first-order valence-electron chi connectivity index (χ1n) is 20.5. The smallest absolute Gasteiger partial charge is 0.143 e. The number of rotatable bonds is 8. The SMILES string of the molecule is c1ccc(-c2ccc(-c3ccc(N(c4cccc(-c5ccc(-c6ccc7ccccc7c6)cc5)c4)c4ccccc4-c4cccc5c4oc4ccccc45)cc3)cc2)cc1. The number of benzene rings is 10. The van der Waals surface area contributed by atoms with Gasteiger partial charge in [-0.05, 0) is 97.7 Å². The van der Waals surface area contributed by atoms with Crippen LogP contribution in [0, 0.1) is 0 Å². The second-order valence-electron chi connectivity index (χ2n) is 15.3. The third-order valence-electron chi connectivity index (χ3n) is 11.7. The van der Waals surface area contributed by atoms with Crippen LogP contribution >= 0.6 is 0 Å². The fourth-order valence-corrected chi connectivity index (χ4v) is 8.62. The van der Waals surface area contributed by atoms with Crippen LogP contribution in [0.2, 0.25) is 0 Å². The van der Waals surface area contributed by atoms with Crippen LogP contribution in [0.15, 0.2) is 241 Å². The Balaban J connectivity index is 1.01. The van der Waals surface area contributed by atoms with Crippen LogP contribution in [0.25, 0.3) is 88.3 Å². The largest absolute Gasteiger partial charge is 0.455 e. The Morgan fingerprint density at radius 1 is 0.283 bits per heavy atom. The zero-order valence-electron chi connectivity index (χ0n) is 32.9. The van der Waals surface area contributed by atoms with Crippen molar-refractivity contribution in [1.29, 1.82) is 0 Å². The zero-order chi connectivity index (χ0) is 39.8. The molecule has 11 aromatic rings. The summed E-state index contributed by atoms with van der Waals surface area (Å²) < 4.78 is 6.61. The van der Waals surface area contributed by atoms with Gasteiger partial charge in [0.15, 0.2) is 0 Å². The highest BCUT2D eigenvalue weighted by atomic mass is 16.3. The highest BCUT2D eigenvalue weighted by Crippen LogP contribution is 2.45. The van der Waals surface area contributed by atoms with Crippen LogP contribution in [0.4, 0.5) is 17.1 Å². The summed E-state index contributed by atoms with van der Waals surface area (Å²) >= 11 is 0. The lowest BCUT2D eigenvalue weighted by Gasteiger charge is -2.28. The van der Waals surface area contributed by atoms with Gasteiger partial charge in [-0.2, -0.15) is 0 Å². The van der Waals surface area contributed by atoms with Crippen LogP contribution < -0.4 is 4.90 Å². The first-order valence-corrected chi connectivity index (χ1v) is 20.5. The molecule has 10 aromatic carbocycles. The van der Waals surface area contributed by atoms with Crippen LogP contribution in [0.5, 0.6) is 0 Å². The monoisotopic (exact) mass is 765 g/mol. The summed E-state index contributed by atoms with van der Waals surface area (Å²) in [6.45, 7) is 0. The van der Waals surface area contributed by atoms with E-state index in [1.165, 1.54) is 44.2 Å². The van der Waals surface area contributed by atoms with E-state index in [-0.39, 0.29) is 0 Å². The summed E-state index contributed by atoms with van der Waals surface area (Å²) in [7, 11) is 0. The second-order valence-corrected chi connectivity index (χ2v) is 15.3. The fraction of sp³-hybridized carbons (Fsp3) is 0. The van der Waals surface area contributed by atoms with E-state index >= 15 is 0 Å². The molecule has 0 bridgehead atoms. The maximum absolute atomic E-state index is 6.61. The van der Waals surface area contributed by atoms with E-state index in [4.69, 9.17) is 4.42 Å². The second kappa shape index (κ2) is 15.1. The Labute approximate surface area is 349 Å². The average Bonchev–Trinajstić information content (AvgIpc) is 3.72. The number of nitrogens with zero attached hydrogens (tertiary/aromatic N) is 1. The predicted octanol–water partition coefficient (Wildman–Crippen LogP) is 16.5. The number of para-hydroxylation sites is 3. The van der Waals surface area contributed by atoms with Crippen molar-refractivity contribution in [3.63, 3.8) is 0 Å². The van der Waals surface area contributed by atoms with Gasteiger partial charge in [-0.3, -0.25) is 0 Å². The van der Waals surface area contributed by atoms with E-state index < -0.39 is 0 Å². The molecule has 0 aliphatic rings. The summed E-state index contributed by atoms with van der Waals surface area (Å²) in [5.74, 6) is 0. The molecule has 11 rings (SSSR count). The van der Waals surface area contributed by atoms with Crippen LogP contribution in [-0.4, -0.2) is 0 Å². The molecule has 0 radical (unpaired) electrons. The van der Waals surface area contributed by atoms with Crippen molar-refractivity contribution < 1.29 is 4.42 Å². The molecular weight excluding hydrogens is 727 g/mol. The van der Waals surface area contributed by atoms with Gasteiger partial charge in [0.1, 0.15) is 11.2 Å². The van der Waals surface area contributed by atoms with E-state index in [1.54, 1.807) is 0 Å². The fourth-order valence-electron chi connectivity index (χ4n) is 8.62. The van der Waals surface area contributed by atoms with E-state index in [9.17, 15) is 0 Å². The lowest BCUT2D eigenvalue weighted by Crippen LogP contribution is -2.11. The van der Waals surface area contributed by atoms with E-state index in [0.717, 1.165) is 61.3 Å². The minimum atomic E-state index is 0.889. The first-order chi connectivity index (χ1) is 29.7. The third-order valence-corrected chi connectivity index (χ3v) is 11.7. The first kappa shape index (κ1) is 35.2. The number of anilines is 3. The van der Waals surface area contributed by atoms with Crippen LogP contribution in [0.3, 0.4) is 0 Å². The summed E-state index contributed by atoms with van der Waals surface area (Å²) in [4.78, 5) is 2.38. The zero-order valence-corrected chi connectivity index (χ0v) is 32.9. The molecule has 0 fully saturated rings. The van der Waals surface area contributed by atoms with Crippen molar-refractivity contribution in [3.8, 4) is 55.6 Å². The molecule has 1 aromatic heterocycles. The molecule has 0 amide bonds. The molecule has 2 heteroatoms. The number of fused-ring (bicyclic) bond motifs is 4. The lowest BCUT2D eigenvalue weighted by atomic mass is 9.97. The molecule has 0 saturated carbocycles. The standard InChI is InChI=1S/C58H39NO/c1-2-12-40(13-3-1)42-24-26-43(27-25-42)44-34-36-50(37-35-44)59(56-22-8-6-18-52(56)54-20-11-21-55-53-19-7-9-23-57(53)60-58(54)55)51-17-10-16-48(39-51)45-28-30-46(31-29-45)49-33-32-41-14-4-5-15-47(41)38-49/h1-39H. The van der Waals surface area contributed by atoms with Gasteiger partial charge in [-0.25, -0.2) is 0 Å². The van der Waals surface area contributed by atoms with E-state index in [1.807, 2.05) is 12.1 Å². The van der Waals surface area contributed by atoms with Gasteiger partial charge in [0.25, 0.3) is 0 Å². The third kappa shape index (κ3) is 6.51. The molecule has 0 atom stereocenters. The van der Waals surface area contributed by atoms with Crippen molar-refractivity contribution in [3.05, 3.63) is 237 Å². The Morgan fingerprint density at radius 3 is 1.53 bits per heavy atom. The van der Waals surface area contributed by atoms with Crippen LogP contribution in [0.1, 0.15) is 0 Å². The highest BCUT2D eigenvalue weighted by molar-refractivity contribution is 6.11. The van der Waals surface area contributed by atoms with Gasteiger partial charge in [0, 0.05) is 33.3 Å². The Bertz CT molecular complexity index is 3290. The molecular formula is C58H39NO. The van der Waals surface area contributed by atoms with Crippen molar-refractivity contribution in [1.82, 2.24) is 0 Å². The van der Waals surface area contributed by atoms with E-state index in [2.05, 4.69) is 229 Å². The number of furan rings is 1. The van der Waals surface area contributed by atoms with Crippen molar-refractivity contribution >= 4 is 49.8 Å². The highest BCUT2D eigenvalue weighted by Gasteiger charge is 2.21. The molecule has 0 saturated heterocycles. The Kier molecular flexibility index (Phi) is 8.87. The summed E-state index contributed by atoms with van der Waals surface area (Å²) in [6, 6.07) is 84.8. The molecule has 0 aliphatic carbocycles. The van der Waals surface area contributed by atoms with Crippen molar-refractivity contribution in [2.75, 3.05) is 4.90 Å². The topological polar surface area (TPSA) is 16.4 Å². The average molecular weight is 766 g/mol. The van der Waals surface area contributed by atoms with Gasteiger partial charge in [0.05, 0.1) is 5.69 Å². The van der Waals surface area contributed by atoms with Crippen molar-refractivity contribution in [2.45, 2.75) is 0 Å². The number of hydrogen-bond acceptors (Lipinski definition) is 2. The van der Waals surface area contributed by atoms with Crippen LogP contribution in [-0.2, 0) is 0 Å². The van der Waals surface area contributed by atoms with Gasteiger partial charge in [0.2, 0.25) is 0 Å². The molecule has 1 heterocycles. The summed E-state index contributed by atoms with van der Waals surface area (Å²) in [5.41, 5.74) is 16.6. The van der Waals surface area contributed by atoms with Gasteiger partial charge in [-0.15, -0.1) is 0 Å². The lowest BCUT2D eigenvalue weighted by molar-refractivity contribution is 0.670. The maximum Gasteiger partial charge on any atom is 0.143 e. The molecule has 0 unspecified atom stereocenters.